The van der Waals surface area contributed by atoms with Gasteiger partial charge in [0.15, 0.2) is 9.84 Å². The maximum absolute atomic E-state index is 12.4. The first-order chi connectivity index (χ1) is 13.3. The van der Waals surface area contributed by atoms with Crippen molar-refractivity contribution < 1.29 is 18.3 Å². The van der Waals surface area contributed by atoms with Gasteiger partial charge >= 0.3 is 5.97 Å². The van der Waals surface area contributed by atoms with Crippen LogP contribution in [0.3, 0.4) is 0 Å². The predicted octanol–water partition coefficient (Wildman–Crippen LogP) is 3.86. The van der Waals surface area contributed by atoms with Crippen LogP contribution in [0.5, 0.6) is 0 Å². The molecule has 1 aliphatic heterocycles. The van der Waals surface area contributed by atoms with Crippen LogP contribution in [0.2, 0.25) is 0 Å². The van der Waals surface area contributed by atoms with E-state index in [-0.39, 0.29) is 17.2 Å². The molecule has 0 aliphatic carbocycles. The number of pyridine rings is 1. The van der Waals surface area contributed by atoms with Gasteiger partial charge in [-0.1, -0.05) is 29.5 Å². The lowest BCUT2D eigenvalue weighted by atomic mass is 10.0. The molecule has 3 heterocycles. The lowest BCUT2D eigenvalue weighted by Gasteiger charge is -2.11. The van der Waals surface area contributed by atoms with Crippen molar-refractivity contribution in [2.45, 2.75) is 46.9 Å². The predicted molar refractivity (Wildman–Crippen MR) is 108 cm³/mol. The van der Waals surface area contributed by atoms with Crippen molar-refractivity contribution in [3.63, 3.8) is 0 Å². The second-order valence-corrected chi connectivity index (χ2v) is 10.2. The average Bonchev–Trinajstić information content (AvgIpc) is 3.15. The second kappa shape index (κ2) is 6.93. The quantitative estimate of drug-likeness (QED) is 0.679. The lowest BCUT2D eigenvalue weighted by Crippen LogP contribution is -2.04. The normalized spacial score (nSPS) is 16.4. The molecule has 1 atom stereocenters. The number of benzene rings is 1. The molecule has 1 aromatic carbocycles. The van der Waals surface area contributed by atoms with Gasteiger partial charge in [0, 0.05) is 40.4 Å². The lowest BCUT2D eigenvalue weighted by molar-refractivity contribution is -0.137. The zero-order valence-electron chi connectivity index (χ0n) is 15.5. The number of nitrogens with zero attached hydrogens (tertiary/aromatic N) is 2. The molecule has 1 unspecified atom stereocenters. The van der Waals surface area contributed by atoms with Crippen molar-refractivity contribution in [3.05, 3.63) is 47.8 Å². The van der Waals surface area contributed by atoms with Gasteiger partial charge in [-0.15, -0.1) is 0 Å². The highest BCUT2D eigenvalue weighted by Crippen LogP contribution is 2.47. The maximum Gasteiger partial charge on any atom is 0.304 e. The Bertz CT molecular complexity index is 1180. The molecular formula is C20H20N2O4S2. The van der Waals surface area contributed by atoms with Crippen LogP contribution < -0.4 is 0 Å². The summed E-state index contributed by atoms with van der Waals surface area (Å²) in [6.45, 7) is 2.65. The zero-order chi connectivity index (χ0) is 20.1. The van der Waals surface area contributed by atoms with E-state index in [1.807, 2.05) is 35.8 Å². The number of carboxylic acid groups (broad SMARTS) is 1. The second-order valence-electron chi connectivity index (χ2n) is 7.14. The van der Waals surface area contributed by atoms with Gasteiger partial charge in [-0.3, -0.25) is 4.79 Å². The first-order valence-electron chi connectivity index (χ1n) is 8.93. The minimum absolute atomic E-state index is 0.0198. The highest BCUT2D eigenvalue weighted by Gasteiger charge is 2.34. The van der Waals surface area contributed by atoms with Gasteiger partial charge in [-0.25, -0.2) is 13.4 Å². The van der Waals surface area contributed by atoms with Crippen LogP contribution in [0.1, 0.15) is 30.0 Å². The minimum Gasteiger partial charge on any atom is -0.481 e. The molecule has 0 saturated carbocycles. The Hall–Kier alpha value is -2.32. The highest BCUT2D eigenvalue weighted by atomic mass is 32.2. The average molecular weight is 417 g/mol. The Morgan fingerprint density at radius 1 is 1.29 bits per heavy atom. The van der Waals surface area contributed by atoms with Crippen LogP contribution in [-0.4, -0.2) is 35.3 Å². The summed E-state index contributed by atoms with van der Waals surface area (Å²) in [5.41, 5.74) is 2.63. The molecule has 0 radical (unpaired) electrons. The number of hydrogen-bond acceptors (Lipinski definition) is 5. The van der Waals surface area contributed by atoms with Gasteiger partial charge < -0.3 is 9.67 Å². The van der Waals surface area contributed by atoms with E-state index in [0.717, 1.165) is 21.0 Å². The van der Waals surface area contributed by atoms with Crippen LogP contribution in [0.4, 0.5) is 0 Å². The topological polar surface area (TPSA) is 89.3 Å². The molecular weight excluding hydrogens is 396 g/mol. The highest BCUT2D eigenvalue weighted by molar-refractivity contribution is 7.99. The molecule has 1 N–H and O–H groups in total. The number of carbonyl (C=O) groups is 1. The number of aromatic nitrogens is 2. The van der Waals surface area contributed by atoms with Crippen molar-refractivity contribution in [1.29, 1.82) is 0 Å². The van der Waals surface area contributed by atoms with E-state index >= 15 is 0 Å². The molecule has 2 aromatic heterocycles. The van der Waals surface area contributed by atoms with Crippen LogP contribution in [0, 0.1) is 6.92 Å². The molecule has 146 valence electrons. The minimum atomic E-state index is -3.46. The standard InChI is InChI=1S/C20H20N2O4S2/c1-12-3-5-14(6-4-12)27-19-17-15(28(2,25)26)7-9-21-20(17)22-10-8-13(18(19)22)11-16(23)24/h3-7,9,13H,8,10-11H2,1-2H3,(H,23,24). The molecule has 28 heavy (non-hydrogen) atoms. The van der Waals surface area contributed by atoms with Crippen LogP contribution in [0.25, 0.3) is 11.0 Å². The van der Waals surface area contributed by atoms with E-state index in [1.54, 1.807) is 0 Å². The third-order valence-electron chi connectivity index (χ3n) is 5.05. The van der Waals surface area contributed by atoms with Gasteiger partial charge in [0.1, 0.15) is 5.65 Å². The van der Waals surface area contributed by atoms with Crippen molar-refractivity contribution in [2.75, 3.05) is 6.26 Å². The Labute approximate surface area is 167 Å². The fraction of sp³-hybridized carbons (Fsp3) is 0.300. The first kappa shape index (κ1) is 19.0. The Kier molecular flexibility index (Phi) is 4.71. The molecule has 0 spiro atoms. The van der Waals surface area contributed by atoms with Crippen molar-refractivity contribution in [2.24, 2.45) is 0 Å². The van der Waals surface area contributed by atoms with Gasteiger partial charge in [0.25, 0.3) is 0 Å². The number of fused-ring (bicyclic) bond motifs is 3. The van der Waals surface area contributed by atoms with E-state index in [2.05, 4.69) is 4.98 Å². The smallest absolute Gasteiger partial charge is 0.304 e. The van der Waals surface area contributed by atoms with E-state index in [4.69, 9.17) is 0 Å². The monoisotopic (exact) mass is 416 g/mol. The Morgan fingerprint density at radius 3 is 2.64 bits per heavy atom. The maximum atomic E-state index is 12.4. The van der Waals surface area contributed by atoms with Crippen LogP contribution >= 0.6 is 11.8 Å². The van der Waals surface area contributed by atoms with Gasteiger partial charge in [-0.2, -0.15) is 0 Å². The third kappa shape index (κ3) is 3.31. The molecule has 0 saturated heterocycles. The molecule has 4 rings (SSSR count). The number of hydrogen-bond donors (Lipinski definition) is 1. The molecule has 1 aliphatic rings. The summed E-state index contributed by atoms with van der Waals surface area (Å²) in [6.07, 6.45) is 3.44. The summed E-state index contributed by atoms with van der Waals surface area (Å²) in [4.78, 5) is 17.9. The van der Waals surface area contributed by atoms with Gasteiger partial charge in [0.2, 0.25) is 0 Å². The molecule has 0 amide bonds. The molecule has 0 fully saturated rings. The third-order valence-corrected chi connectivity index (χ3v) is 7.31. The molecule has 3 aromatic rings. The largest absolute Gasteiger partial charge is 0.481 e. The van der Waals surface area contributed by atoms with Crippen molar-refractivity contribution in [3.8, 4) is 0 Å². The summed E-state index contributed by atoms with van der Waals surface area (Å²) in [6, 6.07) is 9.52. The van der Waals surface area contributed by atoms with Crippen molar-refractivity contribution in [1.82, 2.24) is 9.55 Å². The summed E-state index contributed by atoms with van der Waals surface area (Å²) in [5.74, 6) is -1.02. The number of rotatable bonds is 5. The summed E-state index contributed by atoms with van der Waals surface area (Å²) < 4.78 is 26.9. The molecule has 8 heteroatoms. The molecule has 6 nitrogen and oxygen atoms in total. The number of sulfone groups is 1. The summed E-state index contributed by atoms with van der Waals surface area (Å²) >= 11 is 1.48. The van der Waals surface area contributed by atoms with E-state index < -0.39 is 15.8 Å². The fourth-order valence-corrected chi connectivity index (χ4v) is 5.95. The summed E-state index contributed by atoms with van der Waals surface area (Å²) in [5, 5.41) is 9.94. The number of aliphatic carboxylic acids is 1. The number of carboxylic acids is 1. The van der Waals surface area contributed by atoms with Crippen LogP contribution in [-0.2, 0) is 21.2 Å². The van der Waals surface area contributed by atoms with E-state index in [1.165, 1.54) is 30.3 Å². The zero-order valence-corrected chi connectivity index (χ0v) is 17.2. The van der Waals surface area contributed by atoms with Crippen molar-refractivity contribution >= 4 is 38.6 Å². The Balaban J connectivity index is 1.98. The fourth-order valence-electron chi connectivity index (χ4n) is 3.82. The summed E-state index contributed by atoms with van der Waals surface area (Å²) in [7, 11) is -3.46. The van der Waals surface area contributed by atoms with Gasteiger partial charge in [-0.05, 0) is 31.5 Å². The number of aryl methyl sites for hydroxylation is 2. The van der Waals surface area contributed by atoms with E-state index in [9.17, 15) is 18.3 Å². The SMILES string of the molecule is Cc1ccc(Sc2c3n(c4nccc(S(C)(=O)=O)c24)CCC3CC(=O)O)cc1. The van der Waals surface area contributed by atoms with Gasteiger partial charge in [0.05, 0.1) is 16.7 Å². The first-order valence-corrected chi connectivity index (χ1v) is 11.6. The van der Waals surface area contributed by atoms with Crippen LogP contribution in [0.15, 0.2) is 51.2 Å². The van der Waals surface area contributed by atoms with E-state index in [0.29, 0.717) is 24.0 Å². The molecule has 0 bridgehead atoms. The Morgan fingerprint density at radius 2 is 2.00 bits per heavy atom.